The number of amides is 1. The van der Waals surface area contributed by atoms with E-state index in [-0.39, 0.29) is 24.9 Å². The molecule has 21 heavy (non-hydrogen) atoms. The summed E-state index contributed by atoms with van der Waals surface area (Å²) in [6.45, 7) is 3.65. The fourth-order valence-corrected chi connectivity index (χ4v) is 1.71. The molecule has 0 aliphatic rings. The highest BCUT2D eigenvalue weighted by molar-refractivity contribution is 5.83. The van der Waals surface area contributed by atoms with E-state index in [1.807, 2.05) is 0 Å². The maximum atomic E-state index is 11.7. The average molecular weight is 295 g/mol. The Morgan fingerprint density at radius 3 is 2.52 bits per heavy atom. The highest BCUT2D eigenvalue weighted by Crippen LogP contribution is 2.18. The molecule has 1 amide bonds. The van der Waals surface area contributed by atoms with Crippen LogP contribution in [0.25, 0.3) is 0 Å². The van der Waals surface area contributed by atoms with Gasteiger partial charge in [-0.15, -0.1) is 0 Å². The number of carbonyl (C=O) groups excluding carboxylic acids is 1. The molecule has 0 radical (unpaired) electrons. The highest BCUT2D eigenvalue weighted by Gasteiger charge is 2.23. The number of aliphatic carboxylic acids is 1. The molecule has 1 rings (SSSR count). The van der Waals surface area contributed by atoms with Crippen LogP contribution in [-0.4, -0.2) is 36.7 Å². The lowest BCUT2D eigenvalue weighted by atomic mass is 10.0. The fraction of sp³-hybridized carbons (Fsp3) is 0.467. The summed E-state index contributed by atoms with van der Waals surface area (Å²) in [5.74, 6) is -0.291. The van der Waals surface area contributed by atoms with Crippen molar-refractivity contribution >= 4 is 11.9 Å². The summed E-state index contributed by atoms with van der Waals surface area (Å²) < 4.78 is 10.5. The Morgan fingerprint density at radius 2 is 1.95 bits per heavy atom. The van der Waals surface area contributed by atoms with Gasteiger partial charge in [0.25, 0.3) is 0 Å². The van der Waals surface area contributed by atoms with E-state index in [0.29, 0.717) is 11.5 Å². The first kappa shape index (κ1) is 16.8. The molecule has 1 aromatic rings. The number of hydrogen-bond donors (Lipinski definition) is 2. The molecule has 0 aromatic heterocycles. The summed E-state index contributed by atoms with van der Waals surface area (Å²) in [4.78, 5) is 22.7. The second-order valence-corrected chi connectivity index (χ2v) is 4.90. The normalized spacial score (nSPS) is 11.8. The molecule has 0 heterocycles. The molecule has 0 spiro atoms. The molecular formula is C15H21NO5. The molecule has 1 aromatic carbocycles. The first-order valence-electron chi connectivity index (χ1n) is 6.73. The maximum Gasteiger partial charge on any atom is 0.326 e. The molecule has 6 nitrogen and oxygen atoms in total. The van der Waals surface area contributed by atoms with Crippen LogP contribution in [0.4, 0.5) is 0 Å². The summed E-state index contributed by atoms with van der Waals surface area (Å²) >= 11 is 0. The molecule has 0 fully saturated rings. The molecular weight excluding hydrogens is 274 g/mol. The van der Waals surface area contributed by atoms with Crippen molar-refractivity contribution in [2.24, 2.45) is 5.92 Å². The third-order valence-electron chi connectivity index (χ3n) is 2.89. The summed E-state index contributed by atoms with van der Waals surface area (Å²) in [5.41, 5.74) is 0. The van der Waals surface area contributed by atoms with E-state index in [0.717, 1.165) is 0 Å². The van der Waals surface area contributed by atoms with Crippen LogP contribution >= 0.6 is 0 Å². The van der Waals surface area contributed by atoms with E-state index in [1.165, 1.54) is 0 Å². The van der Waals surface area contributed by atoms with Crippen LogP contribution in [0.1, 0.15) is 20.3 Å². The van der Waals surface area contributed by atoms with Gasteiger partial charge in [-0.25, -0.2) is 4.79 Å². The van der Waals surface area contributed by atoms with Crippen molar-refractivity contribution < 1.29 is 24.2 Å². The summed E-state index contributed by atoms with van der Waals surface area (Å²) in [6, 6.07) is 6.17. The first-order valence-corrected chi connectivity index (χ1v) is 6.73. The van der Waals surface area contributed by atoms with Gasteiger partial charge in [-0.3, -0.25) is 4.79 Å². The minimum atomic E-state index is -1.04. The van der Waals surface area contributed by atoms with E-state index >= 15 is 0 Å². The number of methoxy groups -OCH3 is 1. The van der Waals surface area contributed by atoms with Crippen molar-refractivity contribution in [1.82, 2.24) is 5.32 Å². The largest absolute Gasteiger partial charge is 0.497 e. The Morgan fingerprint density at radius 1 is 1.29 bits per heavy atom. The predicted octanol–water partition coefficient (Wildman–Crippen LogP) is 1.69. The maximum absolute atomic E-state index is 11.7. The van der Waals surface area contributed by atoms with Crippen molar-refractivity contribution in [3.8, 4) is 11.5 Å². The third-order valence-corrected chi connectivity index (χ3v) is 2.89. The standard InChI is InChI=1S/C15H21NO5/c1-10(2)14(15(18)19)16-13(17)7-8-21-12-6-4-5-11(9-12)20-3/h4-6,9-10,14H,7-8H2,1-3H3,(H,16,17)(H,18,19). The summed E-state index contributed by atoms with van der Waals surface area (Å²) in [7, 11) is 1.56. The second kappa shape index (κ2) is 8.14. The SMILES string of the molecule is COc1cccc(OCCC(=O)NC(C(=O)O)C(C)C)c1. The van der Waals surface area contributed by atoms with Gasteiger partial charge < -0.3 is 19.9 Å². The molecule has 116 valence electrons. The zero-order valence-corrected chi connectivity index (χ0v) is 12.5. The Balaban J connectivity index is 2.41. The van der Waals surface area contributed by atoms with E-state index in [4.69, 9.17) is 14.6 Å². The van der Waals surface area contributed by atoms with Gasteiger partial charge in [-0.2, -0.15) is 0 Å². The number of nitrogens with one attached hydrogen (secondary N) is 1. The van der Waals surface area contributed by atoms with Gasteiger partial charge in [0.2, 0.25) is 5.91 Å². The van der Waals surface area contributed by atoms with Gasteiger partial charge in [-0.05, 0) is 18.1 Å². The van der Waals surface area contributed by atoms with E-state index in [9.17, 15) is 9.59 Å². The lowest BCUT2D eigenvalue weighted by Crippen LogP contribution is -2.44. The molecule has 1 unspecified atom stereocenters. The van der Waals surface area contributed by atoms with Gasteiger partial charge in [0.05, 0.1) is 20.1 Å². The van der Waals surface area contributed by atoms with Crippen molar-refractivity contribution in [2.75, 3.05) is 13.7 Å². The molecule has 6 heteroatoms. The Bertz CT molecular complexity index is 487. The van der Waals surface area contributed by atoms with Gasteiger partial charge in [-0.1, -0.05) is 19.9 Å². The minimum Gasteiger partial charge on any atom is -0.497 e. The number of carboxylic acid groups (broad SMARTS) is 1. The molecule has 0 aliphatic heterocycles. The first-order chi connectivity index (χ1) is 9.93. The number of hydrogen-bond acceptors (Lipinski definition) is 4. The van der Waals surface area contributed by atoms with Gasteiger partial charge in [0.15, 0.2) is 0 Å². The third kappa shape index (κ3) is 5.72. The Hall–Kier alpha value is -2.24. The lowest BCUT2D eigenvalue weighted by molar-refractivity contribution is -0.143. The lowest BCUT2D eigenvalue weighted by Gasteiger charge is -2.17. The Labute approximate surface area is 124 Å². The van der Waals surface area contributed by atoms with Crippen molar-refractivity contribution in [3.05, 3.63) is 24.3 Å². The van der Waals surface area contributed by atoms with Crippen molar-refractivity contribution in [2.45, 2.75) is 26.3 Å². The molecule has 0 saturated heterocycles. The molecule has 0 bridgehead atoms. The van der Waals surface area contributed by atoms with Gasteiger partial charge >= 0.3 is 5.97 Å². The van der Waals surface area contributed by atoms with E-state index < -0.39 is 12.0 Å². The van der Waals surface area contributed by atoms with Crippen LogP contribution in [-0.2, 0) is 9.59 Å². The van der Waals surface area contributed by atoms with Gasteiger partial charge in [0, 0.05) is 6.07 Å². The van der Waals surface area contributed by atoms with Crippen LogP contribution in [0.15, 0.2) is 24.3 Å². The van der Waals surface area contributed by atoms with Crippen molar-refractivity contribution in [1.29, 1.82) is 0 Å². The topological polar surface area (TPSA) is 84.9 Å². The molecule has 2 N–H and O–H groups in total. The Kier molecular flexibility index (Phi) is 6.52. The van der Waals surface area contributed by atoms with Gasteiger partial charge in [0.1, 0.15) is 17.5 Å². The second-order valence-electron chi connectivity index (χ2n) is 4.90. The van der Waals surface area contributed by atoms with Crippen LogP contribution in [0.5, 0.6) is 11.5 Å². The zero-order chi connectivity index (χ0) is 15.8. The number of ether oxygens (including phenoxy) is 2. The summed E-state index contributed by atoms with van der Waals surface area (Å²) in [5, 5.41) is 11.5. The zero-order valence-electron chi connectivity index (χ0n) is 12.5. The number of benzene rings is 1. The van der Waals surface area contributed by atoms with Crippen LogP contribution in [0.3, 0.4) is 0 Å². The smallest absolute Gasteiger partial charge is 0.326 e. The average Bonchev–Trinajstić information content (AvgIpc) is 2.44. The number of carboxylic acids is 1. The molecule has 0 aliphatic carbocycles. The fourth-order valence-electron chi connectivity index (χ4n) is 1.71. The minimum absolute atomic E-state index is 0.0910. The monoisotopic (exact) mass is 295 g/mol. The number of carbonyl (C=O) groups is 2. The number of rotatable bonds is 8. The quantitative estimate of drug-likeness (QED) is 0.762. The van der Waals surface area contributed by atoms with E-state index in [1.54, 1.807) is 45.2 Å². The van der Waals surface area contributed by atoms with Crippen molar-refractivity contribution in [3.63, 3.8) is 0 Å². The highest BCUT2D eigenvalue weighted by atomic mass is 16.5. The summed E-state index contributed by atoms with van der Waals surface area (Å²) in [6.07, 6.45) is 0.0910. The van der Waals surface area contributed by atoms with Crippen LogP contribution < -0.4 is 14.8 Å². The predicted molar refractivity (Wildman–Crippen MR) is 77.5 cm³/mol. The van der Waals surface area contributed by atoms with E-state index in [2.05, 4.69) is 5.32 Å². The molecule has 0 saturated carbocycles. The molecule has 1 atom stereocenters. The van der Waals surface area contributed by atoms with Crippen LogP contribution in [0.2, 0.25) is 0 Å². The van der Waals surface area contributed by atoms with Crippen LogP contribution in [0, 0.1) is 5.92 Å².